The van der Waals surface area contributed by atoms with Crippen LogP contribution in [-0.4, -0.2) is 38.4 Å². The minimum absolute atomic E-state index is 0.00972. The standard InChI is InChI=1S/C17H22N4O3/c1-21-6-2-3-13(21)16(23)18-9-12-7-11(8-14(12)22)17-19-15(20-24-17)10-4-5-10/h2-3,6,10-12,14,22H,4-5,7-9H2,1H3,(H,18,23)/t11-,12+,14+/m0/s1. The molecule has 2 aliphatic carbocycles. The van der Waals surface area contributed by atoms with Gasteiger partial charge < -0.3 is 19.5 Å². The van der Waals surface area contributed by atoms with E-state index in [1.165, 1.54) is 0 Å². The molecule has 3 atom stereocenters. The summed E-state index contributed by atoms with van der Waals surface area (Å²) in [7, 11) is 1.84. The molecular weight excluding hydrogens is 308 g/mol. The zero-order valence-corrected chi connectivity index (χ0v) is 13.7. The van der Waals surface area contributed by atoms with Gasteiger partial charge in [-0.2, -0.15) is 4.98 Å². The van der Waals surface area contributed by atoms with E-state index in [0.29, 0.717) is 30.5 Å². The van der Waals surface area contributed by atoms with Crippen molar-refractivity contribution in [2.45, 2.75) is 43.6 Å². The SMILES string of the molecule is Cn1cccc1C(=O)NC[C@H]1C[C@H](c2nc(C3CC3)no2)C[C@H]1O. The number of nitrogens with one attached hydrogen (secondary N) is 1. The molecule has 128 valence electrons. The molecule has 0 radical (unpaired) electrons. The maximum Gasteiger partial charge on any atom is 0.267 e. The predicted molar refractivity (Wildman–Crippen MR) is 85.5 cm³/mol. The van der Waals surface area contributed by atoms with E-state index < -0.39 is 6.10 Å². The number of aryl methyl sites for hydroxylation is 1. The zero-order chi connectivity index (χ0) is 16.7. The number of rotatable bonds is 5. The van der Waals surface area contributed by atoms with Crippen LogP contribution < -0.4 is 5.32 Å². The quantitative estimate of drug-likeness (QED) is 0.868. The molecule has 2 aromatic heterocycles. The largest absolute Gasteiger partial charge is 0.393 e. The van der Waals surface area contributed by atoms with Crippen molar-refractivity contribution in [1.29, 1.82) is 0 Å². The van der Waals surface area contributed by atoms with Gasteiger partial charge in [0.25, 0.3) is 5.91 Å². The van der Waals surface area contributed by atoms with Crippen LogP contribution in [-0.2, 0) is 7.05 Å². The van der Waals surface area contributed by atoms with Crippen LogP contribution in [0.25, 0.3) is 0 Å². The molecular formula is C17H22N4O3. The normalized spacial score (nSPS) is 26.7. The van der Waals surface area contributed by atoms with Gasteiger partial charge in [0.15, 0.2) is 5.82 Å². The maximum absolute atomic E-state index is 12.2. The van der Waals surface area contributed by atoms with Gasteiger partial charge in [-0.1, -0.05) is 5.16 Å². The van der Waals surface area contributed by atoms with Crippen molar-refractivity contribution in [1.82, 2.24) is 20.0 Å². The van der Waals surface area contributed by atoms with E-state index in [4.69, 9.17) is 4.52 Å². The van der Waals surface area contributed by atoms with Crippen molar-refractivity contribution >= 4 is 5.91 Å². The Bertz CT molecular complexity index is 734. The molecule has 4 rings (SSSR count). The van der Waals surface area contributed by atoms with Crippen LogP contribution in [0.5, 0.6) is 0 Å². The molecule has 0 aromatic carbocycles. The zero-order valence-electron chi connectivity index (χ0n) is 13.7. The minimum Gasteiger partial charge on any atom is -0.393 e. The third-order valence-corrected chi connectivity index (χ3v) is 5.11. The third-order valence-electron chi connectivity index (χ3n) is 5.11. The lowest BCUT2D eigenvalue weighted by atomic mass is 10.0. The fraction of sp³-hybridized carbons (Fsp3) is 0.588. The van der Waals surface area contributed by atoms with Crippen LogP contribution in [0.3, 0.4) is 0 Å². The molecule has 2 saturated carbocycles. The molecule has 2 heterocycles. The lowest BCUT2D eigenvalue weighted by Crippen LogP contribution is -2.33. The number of aromatic nitrogens is 3. The van der Waals surface area contributed by atoms with E-state index in [-0.39, 0.29) is 17.7 Å². The summed E-state index contributed by atoms with van der Waals surface area (Å²) in [5.74, 6) is 1.88. The highest BCUT2D eigenvalue weighted by molar-refractivity contribution is 5.92. The first-order chi connectivity index (χ1) is 11.6. The topological polar surface area (TPSA) is 93.2 Å². The summed E-state index contributed by atoms with van der Waals surface area (Å²) in [6.07, 6.45) is 5.01. The smallest absolute Gasteiger partial charge is 0.267 e. The molecule has 0 spiro atoms. The maximum atomic E-state index is 12.2. The molecule has 7 heteroatoms. The van der Waals surface area contributed by atoms with Gasteiger partial charge >= 0.3 is 0 Å². The van der Waals surface area contributed by atoms with Crippen molar-refractivity contribution in [3.63, 3.8) is 0 Å². The second-order valence-corrected chi connectivity index (χ2v) is 6.98. The van der Waals surface area contributed by atoms with Gasteiger partial charge in [-0.3, -0.25) is 4.79 Å². The number of carbonyl (C=O) groups excluding carboxylic acids is 1. The van der Waals surface area contributed by atoms with Gasteiger partial charge in [0.1, 0.15) is 5.69 Å². The van der Waals surface area contributed by atoms with E-state index in [1.807, 2.05) is 19.3 Å². The summed E-state index contributed by atoms with van der Waals surface area (Å²) in [6.45, 7) is 0.450. The first-order valence-electron chi connectivity index (χ1n) is 8.53. The van der Waals surface area contributed by atoms with E-state index in [9.17, 15) is 9.90 Å². The van der Waals surface area contributed by atoms with Crippen LogP contribution in [0.4, 0.5) is 0 Å². The number of hydrogen-bond donors (Lipinski definition) is 2. The van der Waals surface area contributed by atoms with Crippen molar-refractivity contribution in [2.24, 2.45) is 13.0 Å². The number of hydrogen-bond acceptors (Lipinski definition) is 5. The van der Waals surface area contributed by atoms with Crippen molar-refractivity contribution in [2.75, 3.05) is 6.54 Å². The Morgan fingerprint density at radius 3 is 2.96 bits per heavy atom. The summed E-state index contributed by atoms with van der Waals surface area (Å²) in [5.41, 5.74) is 0.616. The van der Waals surface area contributed by atoms with Crippen molar-refractivity contribution in [3.05, 3.63) is 35.7 Å². The molecule has 2 aromatic rings. The second kappa shape index (κ2) is 6.05. The van der Waals surface area contributed by atoms with Crippen LogP contribution in [0.2, 0.25) is 0 Å². The third kappa shape index (κ3) is 2.96. The average Bonchev–Trinajstić information content (AvgIpc) is 2.96. The Hall–Kier alpha value is -2.15. The van der Waals surface area contributed by atoms with Gasteiger partial charge in [0.05, 0.1) is 6.10 Å². The Morgan fingerprint density at radius 1 is 1.42 bits per heavy atom. The number of aliphatic hydroxyl groups excluding tert-OH is 1. The average molecular weight is 330 g/mol. The van der Waals surface area contributed by atoms with Gasteiger partial charge in [0, 0.05) is 37.5 Å². The highest BCUT2D eigenvalue weighted by Crippen LogP contribution is 2.41. The lowest BCUT2D eigenvalue weighted by molar-refractivity contribution is 0.0909. The van der Waals surface area contributed by atoms with Gasteiger partial charge in [-0.05, 0) is 37.8 Å². The van der Waals surface area contributed by atoms with E-state index in [1.54, 1.807) is 10.6 Å². The van der Waals surface area contributed by atoms with Crippen molar-refractivity contribution in [3.8, 4) is 0 Å². The molecule has 2 N–H and O–H groups in total. The number of nitrogens with zero attached hydrogens (tertiary/aromatic N) is 3. The fourth-order valence-corrected chi connectivity index (χ4v) is 3.46. The van der Waals surface area contributed by atoms with Gasteiger partial charge in [-0.25, -0.2) is 0 Å². The molecule has 2 aliphatic rings. The van der Waals surface area contributed by atoms with Crippen molar-refractivity contribution < 1.29 is 14.4 Å². The summed E-state index contributed by atoms with van der Waals surface area (Å²) in [4.78, 5) is 16.7. The molecule has 7 nitrogen and oxygen atoms in total. The van der Waals surface area contributed by atoms with E-state index in [2.05, 4.69) is 15.5 Å². The molecule has 0 unspecified atom stereocenters. The number of carbonyl (C=O) groups is 1. The molecule has 2 fully saturated rings. The van der Waals surface area contributed by atoms with Crippen LogP contribution in [0.15, 0.2) is 22.9 Å². The highest BCUT2D eigenvalue weighted by atomic mass is 16.5. The first-order valence-corrected chi connectivity index (χ1v) is 8.53. The lowest BCUT2D eigenvalue weighted by Gasteiger charge is -2.15. The summed E-state index contributed by atoms with van der Waals surface area (Å²) in [5, 5.41) is 17.3. The number of amides is 1. The Labute approximate surface area is 140 Å². The van der Waals surface area contributed by atoms with Crippen LogP contribution >= 0.6 is 0 Å². The van der Waals surface area contributed by atoms with Crippen LogP contribution in [0.1, 0.15) is 59.7 Å². The predicted octanol–water partition coefficient (Wildman–Crippen LogP) is 1.57. The molecule has 0 saturated heterocycles. The van der Waals surface area contributed by atoms with E-state index in [0.717, 1.165) is 25.1 Å². The molecule has 1 amide bonds. The second-order valence-electron chi connectivity index (χ2n) is 6.98. The Balaban J connectivity index is 1.34. The fourth-order valence-electron chi connectivity index (χ4n) is 3.46. The molecule has 0 aliphatic heterocycles. The summed E-state index contributed by atoms with van der Waals surface area (Å²) >= 11 is 0. The first kappa shape index (κ1) is 15.4. The molecule has 0 bridgehead atoms. The van der Waals surface area contributed by atoms with E-state index >= 15 is 0 Å². The van der Waals surface area contributed by atoms with Gasteiger partial charge in [0.2, 0.25) is 5.89 Å². The highest BCUT2D eigenvalue weighted by Gasteiger charge is 2.38. The monoisotopic (exact) mass is 330 g/mol. The van der Waals surface area contributed by atoms with Gasteiger partial charge in [-0.15, -0.1) is 0 Å². The summed E-state index contributed by atoms with van der Waals surface area (Å²) < 4.78 is 7.16. The minimum atomic E-state index is -0.458. The Morgan fingerprint density at radius 2 is 2.25 bits per heavy atom. The number of aliphatic hydroxyl groups is 1. The van der Waals surface area contributed by atoms with Crippen LogP contribution in [0, 0.1) is 5.92 Å². The summed E-state index contributed by atoms with van der Waals surface area (Å²) in [6, 6.07) is 3.61. The molecule has 24 heavy (non-hydrogen) atoms. The Kier molecular flexibility index (Phi) is 3.88.